The second kappa shape index (κ2) is 9.83. The van der Waals surface area contributed by atoms with E-state index in [0.717, 1.165) is 5.56 Å². The first-order valence-corrected chi connectivity index (χ1v) is 12.5. The van der Waals surface area contributed by atoms with Crippen LogP contribution in [0.15, 0.2) is 30.7 Å². The van der Waals surface area contributed by atoms with E-state index in [4.69, 9.17) is 10.5 Å². The molecule has 12 nitrogen and oxygen atoms in total. The SMILES string of the molecule is COc1cncc(Nc2ncc(CN3CCN(S(C)(=O)=O)CC3)cc2-c2nc(C)nc(N)n2)c1. The number of nitrogens with two attached hydrogens (primary N) is 1. The predicted molar refractivity (Wildman–Crippen MR) is 128 cm³/mol. The molecule has 3 aromatic rings. The molecular formula is C21H27N9O3S. The number of nitrogens with one attached hydrogen (secondary N) is 1. The van der Waals surface area contributed by atoms with Gasteiger partial charge >= 0.3 is 0 Å². The Morgan fingerprint density at radius 2 is 1.85 bits per heavy atom. The minimum Gasteiger partial charge on any atom is -0.495 e. The molecule has 0 radical (unpaired) electrons. The fourth-order valence-corrected chi connectivity index (χ4v) is 4.53. The lowest BCUT2D eigenvalue weighted by atomic mass is 10.1. The van der Waals surface area contributed by atoms with Gasteiger partial charge in [0.05, 0.1) is 37.0 Å². The quantitative estimate of drug-likeness (QED) is 0.494. The number of nitrogens with zero attached hydrogens (tertiary/aromatic N) is 7. The second-order valence-electron chi connectivity index (χ2n) is 7.98. The topological polar surface area (TPSA) is 152 Å². The average molecular weight is 486 g/mol. The first-order chi connectivity index (χ1) is 16.2. The number of methoxy groups -OCH3 is 1. The molecule has 0 saturated carbocycles. The molecule has 3 aromatic heterocycles. The molecule has 4 heterocycles. The summed E-state index contributed by atoms with van der Waals surface area (Å²) >= 11 is 0. The van der Waals surface area contributed by atoms with Gasteiger partial charge in [0, 0.05) is 45.0 Å². The summed E-state index contributed by atoms with van der Waals surface area (Å²) in [4.78, 5) is 23.8. The molecule has 0 aliphatic carbocycles. The van der Waals surface area contributed by atoms with Crippen molar-refractivity contribution in [2.24, 2.45) is 0 Å². The summed E-state index contributed by atoms with van der Waals surface area (Å²) in [6.45, 7) is 4.55. The molecule has 34 heavy (non-hydrogen) atoms. The number of sulfonamides is 1. The summed E-state index contributed by atoms with van der Waals surface area (Å²) in [5.41, 5.74) is 8.17. The minimum atomic E-state index is -3.18. The normalized spacial score (nSPS) is 15.3. The monoisotopic (exact) mass is 485 g/mol. The van der Waals surface area contributed by atoms with Crippen molar-refractivity contribution in [3.8, 4) is 17.1 Å². The maximum atomic E-state index is 11.8. The largest absolute Gasteiger partial charge is 0.495 e. The van der Waals surface area contributed by atoms with Crippen LogP contribution in [0.3, 0.4) is 0 Å². The zero-order valence-corrected chi connectivity index (χ0v) is 20.1. The summed E-state index contributed by atoms with van der Waals surface area (Å²) in [6, 6.07) is 3.76. The van der Waals surface area contributed by atoms with Gasteiger partial charge in [-0.05, 0) is 18.6 Å². The van der Waals surface area contributed by atoms with Crippen molar-refractivity contribution in [3.63, 3.8) is 0 Å². The number of rotatable bonds is 7. The molecule has 1 saturated heterocycles. The lowest BCUT2D eigenvalue weighted by molar-refractivity contribution is 0.182. The lowest BCUT2D eigenvalue weighted by Crippen LogP contribution is -2.47. The Balaban J connectivity index is 1.62. The Morgan fingerprint density at radius 1 is 1.09 bits per heavy atom. The third-order valence-corrected chi connectivity index (χ3v) is 6.67. The van der Waals surface area contributed by atoms with E-state index in [2.05, 4.69) is 35.1 Å². The molecule has 1 fully saturated rings. The van der Waals surface area contributed by atoms with Crippen LogP contribution in [0.25, 0.3) is 11.4 Å². The van der Waals surface area contributed by atoms with Crippen LogP contribution in [0, 0.1) is 6.92 Å². The highest BCUT2D eigenvalue weighted by atomic mass is 32.2. The molecule has 0 spiro atoms. The van der Waals surface area contributed by atoms with Gasteiger partial charge in [-0.25, -0.2) is 18.4 Å². The smallest absolute Gasteiger partial charge is 0.223 e. The van der Waals surface area contributed by atoms with Crippen molar-refractivity contribution in [2.45, 2.75) is 13.5 Å². The van der Waals surface area contributed by atoms with Crippen LogP contribution in [-0.4, -0.2) is 82.1 Å². The maximum absolute atomic E-state index is 11.8. The Bertz CT molecular complexity index is 1260. The van der Waals surface area contributed by atoms with Gasteiger partial charge in [-0.15, -0.1) is 0 Å². The number of aryl methyl sites for hydroxylation is 1. The van der Waals surface area contributed by atoms with E-state index in [-0.39, 0.29) is 5.95 Å². The van der Waals surface area contributed by atoms with E-state index in [1.165, 1.54) is 10.6 Å². The van der Waals surface area contributed by atoms with Gasteiger partial charge in [-0.2, -0.15) is 14.3 Å². The van der Waals surface area contributed by atoms with E-state index in [1.807, 2.05) is 6.07 Å². The summed E-state index contributed by atoms with van der Waals surface area (Å²) < 4.78 is 30.3. The molecule has 1 aliphatic heterocycles. The third-order valence-electron chi connectivity index (χ3n) is 5.37. The summed E-state index contributed by atoms with van der Waals surface area (Å²) in [7, 11) is -1.60. The molecule has 13 heteroatoms. The molecule has 0 amide bonds. The molecule has 0 bridgehead atoms. The van der Waals surface area contributed by atoms with Gasteiger partial charge < -0.3 is 15.8 Å². The highest BCUT2D eigenvalue weighted by Crippen LogP contribution is 2.29. The Labute approximate surface area is 198 Å². The predicted octanol–water partition coefficient (Wildman–Crippen LogP) is 1.05. The van der Waals surface area contributed by atoms with Gasteiger partial charge in [0.2, 0.25) is 16.0 Å². The number of ether oxygens (including phenoxy) is 1. The van der Waals surface area contributed by atoms with Crippen LogP contribution in [0.2, 0.25) is 0 Å². The average Bonchev–Trinajstić information content (AvgIpc) is 2.79. The summed E-state index contributed by atoms with van der Waals surface area (Å²) in [6.07, 6.45) is 6.29. The Hall–Kier alpha value is -3.42. The van der Waals surface area contributed by atoms with Crippen LogP contribution in [-0.2, 0) is 16.6 Å². The number of piperazine rings is 1. The van der Waals surface area contributed by atoms with Crippen molar-refractivity contribution >= 4 is 27.5 Å². The molecule has 180 valence electrons. The number of pyridine rings is 2. The number of hydrogen-bond acceptors (Lipinski definition) is 11. The van der Waals surface area contributed by atoms with Crippen molar-refractivity contribution in [1.29, 1.82) is 0 Å². The highest BCUT2D eigenvalue weighted by molar-refractivity contribution is 7.88. The van der Waals surface area contributed by atoms with Crippen LogP contribution >= 0.6 is 0 Å². The first kappa shape index (κ1) is 23.7. The molecular weight excluding hydrogens is 458 g/mol. The van der Waals surface area contributed by atoms with Crippen molar-refractivity contribution in [1.82, 2.24) is 34.1 Å². The number of anilines is 3. The van der Waals surface area contributed by atoms with Gasteiger partial charge in [-0.1, -0.05) is 0 Å². The first-order valence-electron chi connectivity index (χ1n) is 10.6. The number of hydrogen-bond donors (Lipinski definition) is 2. The highest BCUT2D eigenvalue weighted by Gasteiger charge is 2.24. The van der Waals surface area contributed by atoms with E-state index in [1.54, 1.807) is 38.7 Å². The van der Waals surface area contributed by atoms with Gasteiger partial charge in [0.15, 0.2) is 5.82 Å². The van der Waals surface area contributed by atoms with Crippen LogP contribution in [0.5, 0.6) is 5.75 Å². The van der Waals surface area contributed by atoms with E-state index < -0.39 is 10.0 Å². The summed E-state index contributed by atoms with van der Waals surface area (Å²) in [5, 5.41) is 3.26. The van der Waals surface area contributed by atoms with Crippen molar-refractivity contribution in [2.75, 3.05) is 50.6 Å². The van der Waals surface area contributed by atoms with Crippen molar-refractivity contribution in [3.05, 3.63) is 42.1 Å². The molecule has 0 aromatic carbocycles. The van der Waals surface area contributed by atoms with Crippen LogP contribution in [0.1, 0.15) is 11.4 Å². The molecule has 0 atom stereocenters. The fraction of sp³-hybridized carbons (Fsp3) is 0.381. The van der Waals surface area contributed by atoms with E-state index in [9.17, 15) is 8.42 Å². The van der Waals surface area contributed by atoms with Gasteiger partial charge in [0.1, 0.15) is 17.4 Å². The fourth-order valence-electron chi connectivity index (χ4n) is 3.70. The van der Waals surface area contributed by atoms with Crippen LogP contribution < -0.4 is 15.8 Å². The van der Waals surface area contributed by atoms with E-state index >= 15 is 0 Å². The Morgan fingerprint density at radius 3 is 2.53 bits per heavy atom. The molecule has 3 N–H and O–H groups in total. The van der Waals surface area contributed by atoms with Crippen molar-refractivity contribution < 1.29 is 13.2 Å². The van der Waals surface area contributed by atoms with Crippen LogP contribution in [0.4, 0.5) is 17.5 Å². The zero-order chi connectivity index (χ0) is 24.3. The Kier molecular flexibility index (Phi) is 6.86. The second-order valence-corrected chi connectivity index (χ2v) is 9.96. The van der Waals surface area contributed by atoms with E-state index in [0.29, 0.717) is 67.2 Å². The standard InChI is InChI=1S/C21H27N9O3S/c1-14-25-20(28-21(22)26-14)18-8-15(13-29-4-6-30(7-5-29)34(3,31)32)10-24-19(18)27-16-9-17(33-2)12-23-11-16/h8-12H,4-7,13H2,1-3H3,(H,24,27)(H2,22,25,26,28). The maximum Gasteiger partial charge on any atom is 0.223 e. The van der Waals surface area contributed by atoms with Gasteiger partial charge in [-0.3, -0.25) is 9.88 Å². The third kappa shape index (κ3) is 5.73. The number of nitrogen functional groups attached to an aromatic ring is 1. The summed E-state index contributed by atoms with van der Waals surface area (Å²) in [5.74, 6) is 2.17. The molecule has 4 rings (SSSR count). The minimum absolute atomic E-state index is 0.124. The lowest BCUT2D eigenvalue weighted by Gasteiger charge is -2.33. The van der Waals surface area contributed by atoms with Gasteiger partial charge in [0.25, 0.3) is 0 Å². The molecule has 0 unspecified atom stereocenters. The zero-order valence-electron chi connectivity index (χ0n) is 19.3. The number of aromatic nitrogens is 5. The molecule has 1 aliphatic rings.